The molecule has 7 nitrogen and oxygen atoms in total. The first-order valence-corrected chi connectivity index (χ1v) is 14.5. The van der Waals surface area contributed by atoms with Crippen molar-refractivity contribution in [3.05, 3.63) is 124 Å². The van der Waals surface area contributed by atoms with Gasteiger partial charge in [-0.05, 0) is 42.8 Å². The molecule has 0 N–H and O–H groups in total. The summed E-state index contributed by atoms with van der Waals surface area (Å²) in [5, 5.41) is 0. The van der Waals surface area contributed by atoms with E-state index in [0.29, 0.717) is 39.5 Å². The minimum Gasteiger partial charge on any atom is -0.497 e. The lowest BCUT2D eigenvalue weighted by Crippen LogP contribution is -2.48. The minimum absolute atomic E-state index is 0.230. The van der Waals surface area contributed by atoms with Crippen molar-refractivity contribution in [1.82, 2.24) is 0 Å². The number of hydrogen-bond acceptors (Lipinski definition) is 7. The number of benzene rings is 4. The lowest BCUT2D eigenvalue weighted by molar-refractivity contribution is 0.0664. The Balaban J connectivity index is 1.57. The quantitative estimate of drug-likeness (QED) is 0.193. The van der Waals surface area contributed by atoms with E-state index in [1.807, 2.05) is 42.2 Å². The molecule has 4 aromatic carbocycles. The first-order valence-electron chi connectivity index (χ1n) is 14.5. The van der Waals surface area contributed by atoms with E-state index >= 15 is 0 Å². The number of fused-ring (bicyclic) bond motifs is 5. The summed E-state index contributed by atoms with van der Waals surface area (Å²) in [6, 6.07) is 23.6. The zero-order valence-corrected chi connectivity index (χ0v) is 24.9. The van der Waals surface area contributed by atoms with Gasteiger partial charge in [0.25, 0.3) is 0 Å². The van der Waals surface area contributed by atoms with Crippen LogP contribution < -0.4 is 19.1 Å². The molecule has 4 aromatic rings. The fraction of sp³-hybridized carbons (Fsp3) is 0.216. The Morgan fingerprint density at radius 1 is 0.773 bits per heavy atom. The van der Waals surface area contributed by atoms with Crippen LogP contribution in [0.3, 0.4) is 0 Å². The Morgan fingerprint density at radius 3 is 2.16 bits per heavy atom. The number of rotatable bonds is 6. The number of methoxy groups -OCH3 is 3. The van der Waals surface area contributed by atoms with Crippen molar-refractivity contribution < 1.29 is 28.6 Å². The third-order valence-electron chi connectivity index (χ3n) is 9.36. The molecule has 7 heteroatoms. The Labute approximate surface area is 255 Å². The normalized spacial score (nSPS) is 20.7. The number of aryl methyl sites for hydroxylation is 1. The molecule has 0 amide bonds. The number of ketones is 3. The molecule has 0 aromatic heterocycles. The van der Waals surface area contributed by atoms with Crippen molar-refractivity contribution in [3.63, 3.8) is 0 Å². The SMILES string of the molecule is COc1cccc(C(=O)[C@H]2[C@H](c3ccc(OC)cc3OC)C3(C(=O)c4ccccc4C3=O)[C@H]3C=Cc4cc(C)ccc4N23)c1. The maximum Gasteiger partial charge on any atom is 0.186 e. The molecule has 220 valence electrons. The van der Waals surface area contributed by atoms with Crippen molar-refractivity contribution in [3.8, 4) is 17.2 Å². The maximum absolute atomic E-state index is 15.0. The summed E-state index contributed by atoms with van der Waals surface area (Å²) in [6.07, 6.45) is 3.89. The number of Topliss-reactive ketones (excluding diaryl/α,β-unsaturated/α-hetero) is 3. The molecule has 0 radical (unpaired) electrons. The van der Waals surface area contributed by atoms with E-state index < -0.39 is 23.4 Å². The molecule has 1 fully saturated rings. The van der Waals surface area contributed by atoms with Gasteiger partial charge in [-0.1, -0.05) is 66.2 Å². The van der Waals surface area contributed by atoms with Crippen LogP contribution in [0.1, 0.15) is 53.7 Å². The topological polar surface area (TPSA) is 82.1 Å². The maximum atomic E-state index is 15.0. The number of hydrogen-bond donors (Lipinski definition) is 0. The van der Waals surface area contributed by atoms with Crippen LogP contribution in [0.4, 0.5) is 5.69 Å². The van der Waals surface area contributed by atoms with Crippen molar-refractivity contribution >= 4 is 29.1 Å². The van der Waals surface area contributed by atoms with Crippen LogP contribution in [0.2, 0.25) is 0 Å². The molecule has 2 aliphatic heterocycles. The summed E-state index contributed by atoms with van der Waals surface area (Å²) in [4.78, 5) is 46.7. The molecule has 1 saturated heterocycles. The second kappa shape index (κ2) is 10.2. The summed E-state index contributed by atoms with van der Waals surface area (Å²) in [6.45, 7) is 2.01. The van der Waals surface area contributed by atoms with Gasteiger partial charge in [0.15, 0.2) is 17.3 Å². The Hall–Kier alpha value is -5.17. The molecule has 0 unspecified atom stereocenters. The fourth-order valence-corrected chi connectivity index (χ4v) is 7.46. The summed E-state index contributed by atoms with van der Waals surface area (Å²) >= 11 is 0. The van der Waals surface area contributed by atoms with Gasteiger partial charge in [0.2, 0.25) is 0 Å². The molecule has 1 spiro atoms. The van der Waals surface area contributed by atoms with Gasteiger partial charge in [-0.15, -0.1) is 0 Å². The van der Waals surface area contributed by atoms with Crippen LogP contribution in [0.5, 0.6) is 17.2 Å². The zero-order valence-electron chi connectivity index (χ0n) is 24.9. The highest BCUT2D eigenvalue weighted by Gasteiger charge is 2.72. The first kappa shape index (κ1) is 27.7. The number of carbonyl (C=O) groups is 3. The lowest BCUT2D eigenvalue weighted by Gasteiger charge is -2.37. The summed E-state index contributed by atoms with van der Waals surface area (Å²) < 4.78 is 16.8. The van der Waals surface area contributed by atoms with Gasteiger partial charge in [-0.25, -0.2) is 0 Å². The predicted molar refractivity (Wildman–Crippen MR) is 167 cm³/mol. The summed E-state index contributed by atoms with van der Waals surface area (Å²) in [5.74, 6) is -0.202. The molecular formula is C37H31NO6. The number of anilines is 1. The third kappa shape index (κ3) is 3.71. The van der Waals surface area contributed by atoms with Crippen molar-refractivity contribution in [2.24, 2.45) is 5.41 Å². The van der Waals surface area contributed by atoms with Gasteiger partial charge in [0, 0.05) is 39.9 Å². The predicted octanol–water partition coefficient (Wildman–Crippen LogP) is 6.34. The monoisotopic (exact) mass is 585 g/mol. The van der Waals surface area contributed by atoms with Gasteiger partial charge >= 0.3 is 0 Å². The van der Waals surface area contributed by atoms with E-state index in [4.69, 9.17) is 14.2 Å². The molecule has 0 bridgehead atoms. The largest absolute Gasteiger partial charge is 0.497 e. The van der Waals surface area contributed by atoms with E-state index in [9.17, 15) is 14.4 Å². The Kier molecular flexibility index (Phi) is 6.43. The third-order valence-corrected chi connectivity index (χ3v) is 9.36. The van der Waals surface area contributed by atoms with E-state index in [1.165, 1.54) is 7.11 Å². The first-order chi connectivity index (χ1) is 21.3. The Bertz CT molecular complexity index is 1860. The standard InChI is InChI=1S/C37H31NO6/c1-21-12-16-29-22(18-21)13-17-31-37(35(40)26-10-5-6-11-27(26)36(37)41)32(28-15-14-25(43-3)20-30(28)44-4)33(38(29)31)34(39)23-8-7-9-24(19-23)42-2/h5-20,31-33H,1-4H3/t31-,32+,33-/m1/s1. The molecule has 3 atom stereocenters. The molecule has 1 aliphatic carbocycles. The van der Waals surface area contributed by atoms with Crippen molar-refractivity contribution in [1.29, 1.82) is 0 Å². The lowest BCUT2D eigenvalue weighted by atomic mass is 9.64. The van der Waals surface area contributed by atoms with E-state index in [-0.39, 0.29) is 17.3 Å². The average Bonchev–Trinajstić information content (AvgIpc) is 3.49. The van der Waals surface area contributed by atoms with Crippen molar-refractivity contribution in [2.75, 3.05) is 26.2 Å². The minimum atomic E-state index is -1.64. The van der Waals surface area contributed by atoms with Crippen LogP contribution in [0.25, 0.3) is 6.08 Å². The van der Waals surface area contributed by atoms with Crippen molar-refractivity contribution in [2.45, 2.75) is 24.9 Å². The van der Waals surface area contributed by atoms with Crippen LogP contribution in [-0.2, 0) is 0 Å². The van der Waals surface area contributed by atoms with E-state index in [0.717, 1.165) is 16.8 Å². The summed E-state index contributed by atoms with van der Waals surface area (Å²) in [7, 11) is 4.65. The number of carbonyl (C=O) groups excluding carboxylic acids is 3. The van der Waals surface area contributed by atoms with Gasteiger partial charge in [-0.2, -0.15) is 0 Å². The molecule has 7 rings (SSSR count). The molecule has 3 aliphatic rings. The highest BCUT2D eigenvalue weighted by Crippen LogP contribution is 2.62. The Morgan fingerprint density at radius 2 is 1.48 bits per heavy atom. The van der Waals surface area contributed by atoms with Crippen LogP contribution in [-0.4, -0.2) is 50.8 Å². The molecule has 0 saturated carbocycles. The molecule has 44 heavy (non-hydrogen) atoms. The van der Waals surface area contributed by atoms with E-state index in [2.05, 4.69) is 6.07 Å². The smallest absolute Gasteiger partial charge is 0.186 e. The number of ether oxygens (including phenoxy) is 3. The fourth-order valence-electron chi connectivity index (χ4n) is 7.46. The molecule has 2 heterocycles. The van der Waals surface area contributed by atoms with Gasteiger partial charge < -0.3 is 19.1 Å². The zero-order chi connectivity index (χ0) is 30.7. The highest BCUT2D eigenvalue weighted by atomic mass is 16.5. The van der Waals surface area contributed by atoms with Gasteiger partial charge in [0.05, 0.1) is 27.4 Å². The number of nitrogens with zero attached hydrogens (tertiary/aromatic N) is 1. The van der Waals surface area contributed by atoms with Gasteiger partial charge in [-0.3, -0.25) is 14.4 Å². The van der Waals surface area contributed by atoms with Crippen LogP contribution in [0.15, 0.2) is 91.0 Å². The molecular weight excluding hydrogens is 554 g/mol. The highest BCUT2D eigenvalue weighted by molar-refractivity contribution is 6.32. The van der Waals surface area contributed by atoms with E-state index in [1.54, 1.807) is 74.9 Å². The van der Waals surface area contributed by atoms with Gasteiger partial charge in [0.1, 0.15) is 28.7 Å². The second-order valence-electron chi connectivity index (χ2n) is 11.5. The van der Waals surface area contributed by atoms with Crippen LogP contribution in [0, 0.1) is 12.3 Å². The van der Waals surface area contributed by atoms with Crippen LogP contribution >= 0.6 is 0 Å². The average molecular weight is 586 g/mol. The second-order valence-corrected chi connectivity index (χ2v) is 11.5. The summed E-state index contributed by atoms with van der Waals surface area (Å²) in [5.41, 5.74) is 2.86.